The summed E-state index contributed by atoms with van der Waals surface area (Å²) in [7, 11) is 1.88. The van der Waals surface area contributed by atoms with Crippen LogP contribution in [0.3, 0.4) is 0 Å². The molecule has 1 aliphatic heterocycles. The van der Waals surface area contributed by atoms with Crippen LogP contribution in [0, 0.1) is 0 Å². The molecule has 0 radical (unpaired) electrons. The summed E-state index contributed by atoms with van der Waals surface area (Å²) >= 11 is 0. The van der Waals surface area contributed by atoms with Crippen LogP contribution >= 0.6 is 0 Å². The summed E-state index contributed by atoms with van der Waals surface area (Å²) in [5.41, 5.74) is 1.63. The lowest BCUT2D eigenvalue weighted by atomic mass is 9.97. The van der Waals surface area contributed by atoms with Crippen LogP contribution in [-0.4, -0.2) is 50.1 Å². The van der Waals surface area contributed by atoms with E-state index in [9.17, 15) is 0 Å². The lowest BCUT2D eigenvalue weighted by Crippen LogP contribution is -2.48. The normalized spacial score (nSPS) is 21.5. The van der Waals surface area contributed by atoms with E-state index in [0.717, 1.165) is 18.9 Å². The van der Waals surface area contributed by atoms with Gasteiger partial charge in [-0.15, -0.1) is 0 Å². The maximum atomic E-state index is 4.38. The van der Waals surface area contributed by atoms with Gasteiger partial charge in [0.1, 0.15) is 0 Å². The summed E-state index contributed by atoms with van der Waals surface area (Å²) in [6.45, 7) is 6.94. The van der Waals surface area contributed by atoms with Gasteiger partial charge in [0.05, 0.1) is 0 Å². The summed E-state index contributed by atoms with van der Waals surface area (Å²) in [4.78, 5) is 6.95. The molecular weight excluding hydrogens is 272 g/mol. The number of likely N-dealkylation sites (tertiary alicyclic amines) is 1. The maximum absolute atomic E-state index is 4.38. The molecule has 0 aromatic rings. The molecule has 126 valence electrons. The molecule has 2 N–H and O–H groups in total. The SMILES string of the molecule is CCCN1CCC(NC(=NC)NCCC2=CCCCC2)CC1. The number of nitrogens with zero attached hydrogens (tertiary/aromatic N) is 2. The second-order valence-electron chi connectivity index (χ2n) is 6.62. The highest BCUT2D eigenvalue weighted by Crippen LogP contribution is 2.19. The van der Waals surface area contributed by atoms with Crippen LogP contribution in [0.15, 0.2) is 16.6 Å². The van der Waals surface area contributed by atoms with Crippen LogP contribution in [-0.2, 0) is 0 Å². The molecule has 1 aliphatic carbocycles. The molecule has 0 aromatic carbocycles. The Hall–Kier alpha value is -1.03. The van der Waals surface area contributed by atoms with Crippen molar-refractivity contribution < 1.29 is 0 Å². The summed E-state index contributed by atoms with van der Waals surface area (Å²) in [6, 6.07) is 0.577. The van der Waals surface area contributed by atoms with Gasteiger partial charge in [0.25, 0.3) is 0 Å². The van der Waals surface area contributed by atoms with Crippen molar-refractivity contribution in [3.8, 4) is 0 Å². The minimum atomic E-state index is 0.577. The number of hydrogen-bond donors (Lipinski definition) is 2. The first-order chi connectivity index (χ1) is 10.8. The molecule has 1 fully saturated rings. The van der Waals surface area contributed by atoms with E-state index in [1.165, 1.54) is 64.6 Å². The van der Waals surface area contributed by atoms with E-state index in [-0.39, 0.29) is 0 Å². The fraction of sp³-hybridized carbons (Fsp3) is 0.833. The van der Waals surface area contributed by atoms with Crippen molar-refractivity contribution in [2.45, 2.75) is 64.3 Å². The Morgan fingerprint density at radius 2 is 2.14 bits per heavy atom. The van der Waals surface area contributed by atoms with Crippen molar-refractivity contribution in [2.24, 2.45) is 4.99 Å². The third-order valence-electron chi connectivity index (χ3n) is 4.82. The second-order valence-corrected chi connectivity index (χ2v) is 6.62. The van der Waals surface area contributed by atoms with Crippen LogP contribution in [0.2, 0.25) is 0 Å². The second kappa shape index (κ2) is 9.88. The number of hydrogen-bond acceptors (Lipinski definition) is 2. The zero-order chi connectivity index (χ0) is 15.6. The molecule has 2 aliphatic rings. The van der Waals surface area contributed by atoms with Gasteiger partial charge in [-0.1, -0.05) is 18.6 Å². The Balaban J connectivity index is 1.64. The van der Waals surface area contributed by atoms with E-state index in [1.54, 1.807) is 5.57 Å². The average molecular weight is 306 g/mol. The lowest BCUT2D eigenvalue weighted by Gasteiger charge is -2.32. The number of aliphatic imine (C=N–C) groups is 1. The van der Waals surface area contributed by atoms with E-state index in [4.69, 9.17) is 0 Å². The molecule has 0 saturated carbocycles. The highest BCUT2D eigenvalue weighted by molar-refractivity contribution is 5.79. The number of guanidine groups is 1. The van der Waals surface area contributed by atoms with E-state index in [2.05, 4.69) is 33.5 Å². The predicted molar refractivity (Wildman–Crippen MR) is 95.4 cm³/mol. The van der Waals surface area contributed by atoms with Gasteiger partial charge in [0.15, 0.2) is 5.96 Å². The topological polar surface area (TPSA) is 39.7 Å². The Bertz CT molecular complexity index is 367. The minimum absolute atomic E-state index is 0.577. The smallest absolute Gasteiger partial charge is 0.191 e. The molecule has 0 aromatic heterocycles. The molecule has 0 amide bonds. The summed E-state index contributed by atoms with van der Waals surface area (Å²) in [5.74, 6) is 0.977. The number of nitrogens with one attached hydrogen (secondary N) is 2. The van der Waals surface area contributed by atoms with E-state index >= 15 is 0 Å². The van der Waals surface area contributed by atoms with E-state index in [1.807, 2.05) is 7.05 Å². The van der Waals surface area contributed by atoms with Crippen molar-refractivity contribution in [1.82, 2.24) is 15.5 Å². The average Bonchev–Trinajstić information content (AvgIpc) is 2.57. The van der Waals surface area contributed by atoms with Gasteiger partial charge in [-0.2, -0.15) is 0 Å². The Morgan fingerprint density at radius 3 is 2.77 bits per heavy atom. The van der Waals surface area contributed by atoms with Gasteiger partial charge in [0.2, 0.25) is 0 Å². The van der Waals surface area contributed by atoms with Crippen LogP contribution in [0.5, 0.6) is 0 Å². The zero-order valence-corrected chi connectivity index (χ0v) is 14.5. The van der Waals surface area contributed by atoms with Crippen LogP contribution in [0.4, 0.5) is 0 Å². The molecule has 2 rings (SSSR count). The first kappa shape index (κ1) is 17.3. The summed E-state index contributed by atoms with van der Waals surface area (Å²) < 4.78 is 0. The molecule has 1 saturated heterocycles. The van der Waals surface area contributed by atoms with Crippen LogP contribution in [0.25, 0.3) is 0 Å². The summed E-state index contributed by atoms with van der Waals surface area (Å²) in [5, 5.41) is 7.08. The standard InChI is InChI=1S/C18H34N4/c1-3-13-22-14-10-17(11-15-22)21-18(19-2)20-12-9-16-7-5-4-6-8-16/h7,17H,3-6,8-15H2,1-2H3,(H2,19,20,21). The fourth-order valence-electron chi connectivity index (χ4n) is 3.48. The van der Waals surface area contributed by atoms with Crippen LogP contribution in [0.1, 0.15) is 58.3 Å². The Morgan fingerprint density at radius 1 is 1.32 bits per heavy atom. The van der Waals surface area contributed by atoms with Crippen LogP contribution < -0.4 is 10.6 Å². The molecule has 0 spiro atoms. The molecule has 0 atom stereocenters. The predicted octanol–water partition coefficient (Wildman–Crippen LogP) is 2.92. The number of piperidine rings is 1. The molecule has 22 heavy (non-hydrogen) atoms. The first-order valence-corrected chi connectivity index (χ1v) is 9.19. The fourth-order valence-corrected chi connectivity index (χ4v) is 3.48. The van der Waals surface area contributed by atoms with Crippen molar-refractivity contribution in [3.05, 3.63) is 11.6 Å². The number of allylic oxidation sites excluding steroid dienone is 1. The molecule has 1 heterocycles. The number of rotatable bonds is 6. The van der Waals surface area contributed by atoms with Crippen molar-refractivity contribution in [2.75, 3.05) is 33.2 Å². The van der Waals surface area contributed by atoms with Crippen molar-refractivity contribution in [3.63, 3.8) is 0 Å². The monoisotopic (exact) mass is 306 g/mol. The van der Waals surface area contributed by atoms with Crippen molar-refractivity contribution >= 4 is 5.96 Å². The minimum Gasteiger partial charge on any atom is -0.356 e. The molecule has 0 unspecified atom stereocenters. The Kier molecular flexibility index (Phi) is 7.78. The molecule has 4 heteroatoms. The molecule has 0 bridgehead atoms. The third-order valence-corrected chi connectivity index (χ3v) is 4.82. The van der Waals surface area contributed by atoms with E-state index < -0.39 is 0 Å². The first-order valence-electron chi connectivity index (χ1n) is 9.19. The highest BCUT2D eigenvalue weighted by Gasteiger charge is 2.19. The lowest BCUT2D eigenvalue weighted by molar-refractivity contribution is 0.206. The molecular formula is C18H34N4. The Labute approximate surface area is 136 Å². The zero-order valence-electron chi connectivity index (χ0n) is 14.5. The van der Waals surface area contributed by atoms with Gasteiger partial charge in [-0.3, -0.25) is 4.99 Å². The highest BCUT2D eigenvalue weighted by atomic mass is 15.2. The maximum Gasteiger partial charge on any atom is 0.191 e. The quantitative estimate of drug-likeness (QED) is 0.450. The molecule has 4 nitrogen and oxygen atoms in total. The van der Waals surface area contributed by atoms with Gasteiger partial charge in [-0.25, -0.2) is 0 Å². The third kappa shape index (κ3) is 5.99. The van der Waals surface area contributed by atoms with Gasteiger partial charge >= 0.3 is 0 Å². The van der Waals surface area contributed by atoms with Crippen molar-refractivity contribution in [1.29, 1.82) is 0 Å². The van der Waals surface area contributed by atoms with E-state index in [0.29, 0.717) is 6.04 Å². The largest absolute Gasteiger partial charge is 0.356 e. The summed E-state index contributed by atoms with van der Waals surface area (Å²) in [6.07, 6.45) is 12.6. The van der Waals surface area contributed by atoms with Gasteiger partial charge < -0.3 is 15.5 Å². The van der Waals surface area contributed by atoms with Gasteiger partial charge in [0, 0.05) is 32.7 Å². The van der Waals surface area contributed by atoms with Gasteiger partial charge in [-0.05, 0) is 57.9 Å².